The Labute approximate surface area is 115 Å². The summed E-state index contributed by atoms with van der Waals surface area (Å²) in [4.78, 5) is -0.0917. The maximum absolute atomic E-state index is 13.6. The number of benzene rings is 1. The van der Waals surface area contributed by atoms with Gasteiger partial charge in [0.25, 0.3) is 10.0 Å². The van der Waals surface area contributed by atoms with Crippen LogP contribution in [0.5, 0.6) is 0 Å². The van der Waals surface area contributed by atoms with Crippen molar-refractivity contribution in [3.63, 3.8) is 0 Å². The predicted octanol–water partition coefficient (Wildman–Crippen LogP) is 1.12. The van der Waals surface area contributed by atoms with E-state index in [0.29, 0.717) is 5.56 Å². The predicted molar refractivity (Wildman–Crippen MR) is 71.3 cm³/mol. The number of halogens is 1. The largest absolute Gasteiger partial charge is 0.394 e. The van der Waals surface area contributed by atoms with Crippen molar-refractivity contribution in [1.29, 1.82) is 0 Å². The summed E-state index contributed by atoms with van der Waals surface area (Å²) in [5, 5.41) is 12.5. The van der Waals surface area contributed by atoms with Gasteiger partial charge in [0.15, 0.2) is 0 Å². The van der Waals surface area contributed by atoms with Crippen molar-refractivity contribution >= 4 is 15.7 Å². The molecule has 0 bridgehead atoms. The minimum absolute atomic E-state index is 0.0917. The lowest BCUT2D eigenvalue weighted by molar-refractivity contribution is 0.269. The quantitative estimate of drug-likeness (QED) is 0.866. The topological polar surface area (TPSA) is 84.2 Å². The van der Waals surface area contributed by atoms with Crippen LogP contribution in [-0.2, 0) is 16.6 Å². The monoisotopic (exact) mass is 299 g/mol. The van der Waals surface area contributed by atoms with Crippen LogP contribution < -0.4 is 4.72 Å². The van der Waals surface area contributed by atoms with Crippen molar-refractivity contribution in [2.45, 2.75) is 18.4 Å². The first-order valence-corrected chi connectivity index (χ1v) is 7.33. The number of aliphatic hydroxyl groups is 1. The van der Waals surface area contributed by atoms with Crippen LogP contribution in [0.15, 0.2) is 35.5 Å². The minimum atomic E-state index is -3.90. The molecule has 0 amide bonds. The van der Waals surface area contributed by atoms with Gasteiger partial charge in [-0.1, -0.05) is 6.07 Å². The Morgan fingerprint density at radius 1 is 1.45 bits per heavy atom. The van der Waals surface area contributed by atoms with E-state index in [9.17, 15) is 12.8 Å². The van der Waals surface area contributed by atoms with E-state index in [1.807, 2.05) is 0 Å². The molecular weight excluding hydrogens is 285 g/mol. The molecule has 0 spiro atoms. The lowest BCUT2D eigenvalue weighted by Gasteiger charge is -2.07. The van der Waals surface area contributed by atoms with Gasteiger partial charge in [-0.2, -0.15) is 5.10 Å². The fourth-order valence-corrected chi connectivity index (χ4v) is 2.63. The number of aliphatic hydroxyl groups excluding tert-OH is 1. The summed E-state index contributed by atoms with van der Waals surface area (Å²) in [5.74, 6) is -0.642. The standard InChI is InChI=1S/C12H14FN3O3S/c1-9-2-3-12(11(13)6-9)15-20(18,19)10-7-14-16(8-10)4-5-17/h2-3,6-8,15,17H,4-5H2,1H3. The Balaban J connectivity index is 2.26. The van der Waals surface area contributed by atoms with E-state index in [0.717, 1.165) is 6.20 Å². The summed E-state index contributed by atoms with van der Waals surface area (Å²) in [6.07, 6.45) is 2.41. The molecule has 2 aromatic rings. The Morgan fingerprint density at radius 3 is 2.85 bits per heavy atom. The summed E-state index contributed by atoms with van der Waals surface area (Å²) >= 11 is 0. The van der Waals surface area contributed by atoms with Crippen LogP contribution in [0.25, 0.3) is 0 Å². The highest BCUT2D eigenvalue weighted by Gasteiger charge is 2.18. The molecule has 0 aliphatic carbocycles. The molecule has 0 aliphatic rings. The number of aromatic nitrogens is 2. The third-order valence-corrected chi connectivity index (χ3v) is 3.94. The second-order valence-corrected chi connectivity index (χ2v) is 5.93. The maximum atomic E-state index is 13.6. The Morgan fingerprint density at radius 2 is 2.20 bits per heavy atom. The Hall–Kier alpha value is -1.93. The first-order chi connectivity index (χ1) is 9.42. The van der Waals surface area contributed by atoms with Crippen molar-refractivity contribution < 1.29 is 17.9 Å². The fraction of sp³-hybridized carbons (Fsp3) is 0.250. The molecule has 1 aromatic heterocycles. The van der Waals surface area contributed by atoms with E-state index in [1.54, 1.807) is 13.0 Å². The average molecular weight is 299 g/mol. The molecule has 0 saturated heterocycles. The first-order valence-electron chi connectivity index (χ1n) is 5.84. The third-order valence-electron chi connectivity index (χ3n) is 2.62. The van der Waals surface area contributed by atoms with Gasteiger partial charge in [0, 0.05) is 6.20 Å². The molecule has 6 nitrogen and oxygen atoms in total. The molecule has 8 heteroatoms. The second-order valence-electron chi connectivity index (χ2n) is 4.25. The summed E-state index contributed by atoms with van der Waals surface area (Å²) in [6.45, 7) is 1.75. The van der Waals surface area contributed by atoms with Crippen LogP contribution in [0.2, 0.25) is 0 Å². The van der Waals surface area contributed by atoms with Crippen LogP contribution in [0, 0.1) is 12.7 Å². The van der Waals surface area contributed by atoms with E-state index in [1.165, 1.54) is 23.0 Å². The molecule has 0 atom stereocenters. The van der Waals surface area contributed by atoms with Crippen molar-refractivity contribution in [3.05, 3.63) is 42.0 Å². The van der Waals surface area contributed by atoms with Gasteiger partial charge in [-0.05, 0) is 24.6 Å². The zero-order valence-electron chi connectivity index (χ0n) is 10.7. The molecule has 1 heterocycles. The van der Waals surface area contributed by atoms with E-state index < -0.39 is 15.8 Å². The van der Waals surface area contributed by atoms with Gasteiger partial charge in [-0.3, -0.25) is 9.40 Å². The van der Waals surface area contributed by atoms with Gasteiger partial charge < -0.3 is 5.11 Å². The van der Waals surface area contributed by atoms with E-state index in [-0.39, 0.29) is 23.7 Å². The normalized spacial score (nSPS) is 11.6. The van der Waals surface area contributed by atoms with Crippen LogP contribution in [0.3, 0.4) is 0 Å². The van der Waals surface area contributed by atoms with Crippen molar-refractivity contribution in [1.82, 2.24) is 9.78 Å². The smallest absolute Gasteiger partial charge is 0.265 e. The van der Waals surface area contributed by atoms with E-state index in [4.69, 9.17) is 5.11 Å². The zero-order valence-corrected chi connectivity index (χ0v) is 11.6. The molecular formula is C12H14FN3O3S. The molecule has 108 valence electrons. The van der Waals surface area contributed by atoms with Gasteiger partial charge in [-0.15, -0.1) is 0 Å². The third kappa shape index (κ3) is 3.14. The van der Waals surface area contributed by atoms with Crippen LogP contribution >= 0.6 is 0 Å². The molecule has 1 aromatic carbocycles. The number of hydrogen-bond donors (Lipinski definition) is 2. The Bertz CT molecular complexity index is 712. The van der Waals surface area contributed by atoms with Crippen LogP contribution in [0.1, 0.15) is 5.56 Å². The van der Waals surface area contributed by atoms with Gasteiger partial charge in [0.05, 0.1) is 25.0 Å². The maximum Gasteiger partial charge on any atom is 0.265 e. The van der Waals surface area contributed by atoms with Gasteiger partial charge >= 0.3 is 0 Å². The molecule has 20 heavy (non-hydrogen) atoms. The van der Waals surface area contributed by atoms with E-state index in [2.05, 4.69) is 9.82 Å². The van der Waals surface area contributed by atoms with Crippen molar-refractivity contribution in [2.75, 3.05) is 11.3 Å². The molecule has 0 aliphatic heterocycles. The van der Waals surface area contributed by atoms with Crippen LogP contribution in [0.4, 0.5) is 10.1 Å². The highest BCUT2D eigenvalue weighted by Crippen LogP contribution is 2.19. The number of aryl methyl sites for hydroxylation is 1. The lowest BCUT2D eigenvalue weighted by Crippen LogP contribution is -2.13. The van der Waals surface area contributed by atoms with Crippen molar-refractivity contribution in [2.24, 2.45) is 0 Å². The number of hydrogen-bond acceptors (Lipinski definition) is 4. The molecule has 2 N–H and O–H groups in total. The van der Waals surface area contributed by atoms with Gasteiger partial charge in [0.2, 0.25) is 0 Å². The molecule has 0 saturated carbocycles. The lowest BCUT2D eigenvalue weighted by atomic mass is 10.2. The number of anilines is 1. The highest BCUT2D eigenvalue weighted by atomic mass is 32.2. The van der Waals surface area contributed by atoms with E-state index >= 15 is 0 Å². The summed E-state index contributed by atoms with van der Waals surface area (Å²) in [6, 6.07) is 4.21. The number of rotatable bonds is 5. The molecule has 0 fully saturated rings. The highest BCUT2D eigenvalue weighted by molar-refractivity contribution is 7.92. The first kappa shape index (κ1) is 14.5. The summed E-state index contributed by atoms with van der Waals surface area (Å²) in [7, 11) is -3.90. The Kier molecular flexibility index (Phi) is 4.05. The minimum Gasteiger partial charge on any atom is -0.394 e. The van der Waals surface area contributed by atoms with Crippen LogP contribution in [-0.4, -0.2) is 29.9 Å². The zero-order chi connectivity index (χ0) is 14.8. The molecule has 0 radical (unpaired) electrons. The second kappa shape index (κ2) is 5.59. The molecule has 2 rings (SSSR count). The summed E-state index contributed by atoms with van der Waals surface area (Å²) in [5.41, 5.74) is 0.576. The van der Waals surface area contributed by atoms with Crippen molar-refractivity contribution in [3.8, 4) is 0 Å². The number of nitrogens with zero attached hydrogens (tertiary/aromatic N) is 2. The average Bonchev–Trinajstić information content (AvgIpc) is 2.83. The van der Waals surface area contributed by atoms with Gasteiger partial charge in [-0.25, -0.2) is 12.8 Å². The van der Waals surface area contributed by atoms with Gasteiger partial charge in [0.1, 0.15) is 10.7 Å². The number of nitrogens with one attached hydrogen (secondary N) is 1. The fourth-order valence-electron chi connectivity index (χ4n) is 1.61. The summed E-state index contributed by atoms with van der Waals surface area (Å²) < 4.78 is 41.2. The number of sulfonamides is 1. The SMILES string of the molecule is Cc1ccc(NS(=O)(=O)c2cnn(CCO)c2)c(F)c1. The molecule has 0 unspecified atom stereocenters.